The van der Waals surface area contributed by atoms with Crippen molar-refractivity contribution in [2.45, 2.75) is 6.92 Å². The number of nitrogen functional groups attached to an aromatic ring is 1. The highest BCUT2D eigenvalue weighted by Crippen LogP contribution is 2.22. The van der Waals surface area contributed by atoms with Crippen LogP contribution in [-0.4, -0.2) is 20.9 Å². The summed E-state index contributed by atoms with van der Waals surface area (Å²) in [6.45, 7) is 1.80. The molecule has 0 bridgehead atoms. The van der Waals surface area contributed by atoms with Crippen LogP contribution >= 0.6 is 0 Å². The Bertz CT molecular complexity index is 1030. The third-order valence-corrected chi connectivity index (χ3v) is 3.19. The quantitative estimate of drug-likeness (QED) is 0.561. The second-order valence-electron chi connectivity index (χ2n) is 5.03. The number of oxazole rings is 1. The zero-order valence-electron chi connectivity index (χ0n) is 12.5. The number of nitrogens with zero attached hydrogens (tertiary/aromatic N) is 1. The van der Waals surface area contributed by atoms with Gasteiger partial charge >= 0.3 is 5.69 Å². The van der Waals surface area contributed by atoms with Gasteiger partial charge in [0.15, 0.2) is 0 Å². The Balaban J connectivity index is 1.90. The summed E-state index contributed by atoms with van der Waals surface area (Å²) in [4.78, 5) is 43.3. The van der Waals surface area contributed by atoms with Gasteiger partial charge < -0.3 is 20.5 Å². The maximum Gasteiger partial charge on any atom is 0.326 e. The van der Waals surface area contributed by atoms with Gasteiger partial charge in [-0.25, -0.2) is 9.78 Å². The van der Waals surface area contributed by atoms with Crippen molar-refractivity contribution in [1.29, 1.82) is 0 Å². The summed E-state index contributed by atoms with van der Waals surface area (Å²) in [6, 6.07) is 6.75. The van der Waals surface area contributed by atoms with Crippen molar-refractivity contribution in [2.24, 2.45) is 0 Å². The first-order valence-electron chi connectivity index (χ1n) is 6.90. The molecule has 0 aliphatic rings. The van der Waals surface area contributed by atoms with Gasteiger partial charge in [0.25, 0.3) is 11.5 Å². The van der Waals surface area contributed by atoms with Gasteiger partial charge in [-0.2, -0.15) is 0 Å². The molecule has 0 saturated carbocycles. The van der Waals surface area contributed by atoms with Crippen LogP contribution in [0.15, 0.2) is 44.5 Å². The lowest BCUT2D eigenvalue weighted by molar-refractivity contribution is 0.102. The van der Waals surface area contributed by atoms with Crippen molar-refractivity contribution in [3.05, 3.63) is 62.8 Å². The van der Waals surface area contributed by atoms with Crippen molar-refractivity contribution >= 4 is 17.3 Å². The van der Waals surface area contributed by atoms with Gasteiger partial charge in [-0.15, -0.1) is 0 Å². The topological polar surface area (TPSA) is 147 Å². The first-order valence-corrected chi connectivity index (χ1v) is 6.90. The smallest absolute Gasteiger partial charge is 0.326 e. The second kappa shape index (κ2) is 5.88. The van der Waals surface area contributed by atoms with Gasteiger partial charge in [0.2, 0.25) is 5.89 Å². The number of carbonyl (C=O) groups excluding carboxylic acids is 1. The Morgan fingerprint density at radius 1 is 1.29 bits per heavy atom. The van der Waals surface area contributed by atoms with E-state index in [-0.39, 0.29) is 11.4 Å². The van der Waals surface area contributed by atoms with Crippen molar-refractivity contribution in [3.8, 4) is 11.5 Å². The van der Waals surface area contributed by atoms with Crippen molar-refractivity contribution in [2.75, 3.05) is 11.1 Å². The molecule has 24 heavy (non-hydrogen) atoms. The molecule has 0 aliphatic heterocycles. The minimum absolute atomic E-state index is 0.305. The van der Waals surface area contributed by atoms with Crippen LogP contribution in [-0.2, 0) is 0 Å². The molecular weight excluding hydrogens is 314 g/mol. The van der Waals surface area contributed by atoms with E-state index < -0.39 is 17.2 Å². The lowest BCUT2D eigenvalue weighted by Crippen LogP contribution is -2.30. The molecule has 0 radical (unpaired) electrons. The molecule has 0 aliphatic carbocycles. The summed E-state index contributed by atoms with van der Waals surface area (Å²) in [6.07, 6.45) is 1.52. The number of aromatic nitrogens is 3. The Hall–Kier alpha value is -3.62. The minimum atomic E-state index is -0.826. The number of aromatic amines is 2. The molecule has 1 aromatic carbocycles. The van der Waals surface area contributed by atoms with E-state index in [9.17, 15) is 14.4 Å². The molecule has 0 atom stereocenters. The fourth-order valence-corrected chi connectivity index (χ4v) is 2.09. The van der Waals surface area contributed by atoms with Gasteiger partial charge in [-0.05, 0) is 25.1 Å². The van der Waals surface area contributed by atoms with Gasteiger partial charge in [-0.1, -0.05) is 6.07 Å². The van der Waals surface area contributed by atoms with Crippen LogP contribution in [0.5, 0.6) is 0 Å². The lowest BCUT2D eigenvalue weighted by Gasteiger charge is -2.07. The molecule has 0 saturated heterocycles. The highest BCUT2D eigenvalue weighted by atomic mass is 16.3. The summed E-state index contributed by atoms with van der Waals surface area (Å²) in [5, 5.41) is 2.56. The van der Waals surface area contributed by atoms with E-state index in [0.29, 0.717) is 17.1 Å². The molecular formula is C15H13N5O4. The van der Waals surface area contributed by atoms with Crippen molar-refractivity contribution in [3.63, 3.8) is 0 Å². The number of nitrogens with one attached hydrogen (secondary N) is 3. The predicted octanol–water partition coefficient (Wildman–Crippen LogP) is 0.861. The van der Waals surface area contributed by atoms with Gasteiger partial charge in [0, 0.05) is 11.3 Å². The third-order valence-electron chi connectivity index (χ3n) is 3.19. The zero-order valence-corrected chi connectivity index (χ0v) is 12.5. The van der Waals surface area contributed by atoms with Crippen LogP contribution in [0.2, 0.25) is 0 Å². The largest absolute Gasteiger partial charge is 0.444 e. The number of aryl methyl sites for hydroxylation is 1. The molecule has 0 spiro atoms. The Morgan fingerprint density at radius 3 is 2.79 bits per heavy atom. The maximum atomic E-state index is 12.2. The number of rotatable bonds is 3. The predicted molar refractivity (Wildman–Crippen MR) is 86.7 cm³/mol. The zero-order chi connectivity index (χ0) is 17.3. The average molecular weight is 327 g/mol. The van der Waals surface area contributed by atoms with Crippen LogP contribution in [0.4, 0.5) is 11.4 Å². The number of nitrogens with two attached hydrogens (primary N) is 1. The molecule has 9 heteroatoms. The van der Waals surface area contributed by atoms with Crippen LogP contribution in [0.3, 0.4) is 0 Å². The number of H-pyrrole nitrogens is 2. The SMILES string of the molecule is Cc1coc(-c2cccc(NC(=O)c3[nH]c(=O)[nH]c(=O)c3N)c2)n1. The van der Waals surface area contributed by atoms with E-state index in [1.165, 1.54) is 6.26 Å². The van der Waals surface area contributed by atoms with E-state index >= 15 is 0 Å². The lowest BCUT2D eigenvalue weighted by atomic mass is 10.2. The van der Waals surface area contributed by atoms with E-state index in [2.05, 4.69) is 15.3 Å². The van der Waals surface area contributed by atoms with Gasteiger partial charge in [0.1, 0.15) is 17.6 Å². The number of carbonyl (C=O) groups is 1. The molecule has 5 N–H and O–H groups in total. The number of anilines is 2. The molecule has 9 nitrogen and oxygen atoms in total. The Kier molecular flexibility index (Phi) is 3.74. The fraction of sp³-hybridized carbons (Fsp3) is 0.0667. The fourth-order valence-electron chi connectivity index (χ4n) is 2.09. The van der Waals surface area contributed by atoms with Crippen molar-refractivity contribution in [1.82, 2.24) is 15.0 Å². The molecule has 3 aromatic rings. The standard InChI is InChI=1S/C15H13N5O4/c1-7-6-24-14(17-7)8-3-2-4-9(5-8)18-13(22)11-10(16)12(21)20-15(23)19-11/h2-6H,16H2,1H3,(H,18,22)(H2,19,20,21,23). The highest BCUT2D eigenvalue weighted by Gasteiger charge is 2.15. The summed E-state index contributed by atoms with van der Waals surface area (Å²) < 4.78 is 5.31. The summed E-state index contributed by atoms with van der Waals surface area (Å²) >= 11 is 0. The summed E-state index contributed by atoms with van der Waals surface area (Å²) in [5.74, 6) is -0.302. The number of hydrogen-bond donors (Lipinski definition) is 4. The highest BCUT2D eigenvalue weighted by molar-refractivity contribution is 6.06. The number of benzene rings is 1. The third kappa shape index (κ3) is 2.95. The molecule has 0 fully saturated rings. The first kappa shape index (κ1) is 15.3. The van der Waals surface area contributed by atoms with E-state index in [0.717, 1.165) is 5.69 Å². The van der Waals surface area contributed by atoms with E-state index in [4.69, 9.17) is 10.2 Å². The van der Waals surface area contributed by atoms with Crippen molar-refractivity contribution < 1.29 is 9.21 Å². The Morgan fingerprint density at radius 2 is 2.08 bits per heavy atom. The van der Waals surface area contributed by atoms with Crippen LogP contribution in [0.1, 0.15) is 16.2 Å². The normalized spacial score (nSPS) is 10.5. The second-order valence-corrected chi connectivity index (χ2v) is 5.03. The molecule has 122 valence electrons. The van der Waals surface area contributed by atoms with E-state index in [1.54, 1.807) is 31.2 Å². The van der Waals surface area contributed by atoms with Crippen LogP contribution < -0.4 is 22.3 Å². The summed E-state index contributed by atoms with van der Waals surface area (Å²) in [5.41, 5.74) is 5.03. The molecule has 2 heterocycles. The minimum Gasteiger partial charge on any atom is -0.444 e. The molecule has 1 amide bonds. The van der Waals surface area contributed by atoms with Gasteiger partial charge in [-0.3, -0.25) is 14.6 Å². The number of hydrogen-bond acceptors (Lipinski definition) is 6. The first-order chi connectivity index (χ1) is 11.4. The monoisotopic (exact) mass is 327 g/mol. The maximum absolute atomic E-state index is 12.2. The average Bonchev–Trinajstić information content (AvgIpc) is 2.97. The molecule has 0 unspecified atom stereocenters. The van der Waals surface area contributed by atoms with E-state index in [1.807, 2.05) is 4.98 Å². The number of amides is 1. The summed E-state index contributed by atoms with van der Waals surface area (Å²) in [7, 11) is 0. The Labute approximate surface area is 134 Å². The molecule has 2 aromatic heterocycles. The van der Waals surface area contributed by atoms with Gasteiger partial charge in [0.05, 0.1) is 5.69 Å². The van der Waals surface area contributed by atoms with Crippen LogP contribution in [0.25, 0.3) is 11.5 Å². The molecule has 3 rings (SSSR count). The van der Waals surface area contributed by atoms with Crippen LogP contribution in [0, 0.1) is 6.92 Å².